The van der Waals surface area contributed by atoms with Crippen LogP contribution in [0.15, 0.2) is 30.3 Å². The summed E-state index contributed by atoms with van der Waals surface area (Å²) >= 11 is 0. The standard InChI is InChI=1S/C17H30N2O/c1-5-11-18-17(16-9-7-6-8-10-16)14(2)12-19(4)13-15(3)20/h6-10,14-15,17-18,20H,5,11-13H2,1-4H3. The molecule has 0 bridgehead atoms. The van der Waals surface area contributed by atoms with Crippen LogP contribution in [0.4, 0.5) is 0 Å². The fourth-order valence-corrected chi connectivity index (χ4v) is 2.73. The fourth-order valence-electron chi connectivity index (χ4n) is 2.73. The van der Waals surface area contributed by atoms with E-state index in [1.807, 2.05) is 6.92 Å². The fraction of sp³-hybridized carbons (Fsp3) is 0.647. The summed E-state index contributed by atoms with van der Waals surface area (Å²) in [4.78, 5) is 2.21. The van der Waals surface area contributed by atoms with Crippen molar-refractivity contribution in [3.8, 4) is 0 Å². The van der Waals surface area contributed by atoms with Crippen LogP contribution in [0.3, 0.4) is 0 Å². The summed E-state index contributed by atoms with van der Waals surface area (Å²) < 4.78 is 0. The van der Waals surface area contributed by atoms with Crippen LogP contribution in [0.1, 0.15) is 38.8 Å². The van der Waals surface area contributed by atoms with E-state index >= 15 is 0 Å². The summed E-state index contributed by atoms with van der Waals surface area (Å²) in [6, 6.07) is 11.0. The van der Waals surface area contributed by atoms with Crippen LogP contribution in [0.2, 0.25) is 0 Å². The largest absolute Gasteiger partial charge is 0.392 e. The van der Waals surface area contributed by atoms with E-state index in [2.05, 4.69) is 61.4 Å². The van der Waals surface area contributed by atoms with E-state index in [1.165, 1.54) is 5.56 Å². The number of hydrogen-bond acceptors (Lipinski definition) is 3. The molecule has 3 nitrogen and oxygen atoms in total. The zero-order valence-corrected chi connectivity index (χ0v) is 13.3. The number of hydrogen-bond donors (Lipinski definition) is 2. The van der Waals surface area contributed by atoms with Gasteiger partial charge in [-0.25, -0.2) is 0 Å². The Balaban J connectivity index is 2.67. The molecule has 3 unspecified atom stereocenters. The molecule has 3 atom stereocenters. The van der Waals surface area contributed by atoms with Gasteiger partial charge in [0.05, 0.1) is 6.10 Å². The molecule has 1 aromatic rings. The molecular formula is C17H30N2O. The Bertz CT molecular complexity index is 353. The third-order valence-corrected chi connectivity index (χ3v) is 3.52. The number of likely N-dealkylation sites (N-methyl/N-ethyl adjacent to an activating group) is 1. The highest BCUT2D eigenvalue weighted by molar-refractivity contribution is 5.19. The van der Waals surface area contributed by atoms with Crippen molar-refractivity contribution in [1.82, 2.24) is 10.2 Å². The average molecular weight is 278 g/mol. The maximum absolute atomic E-state index is 9.48. The second kappa shape index (κ2) is 9.11. The number of rotatable bonds is 9. The van der Waals surface area contributed by atoms with Crippen molar-refractivity contribution in [2.75, 3.05) is 26.7 Å². The van der Waals surface area contributed by atoms with E-state index in [0.29, 0.717) is 12.0 Å². The number of aliphatic hydroxyl groups is 1. The van der Waals surface area contributed by atoms with Gasteiger partial charge in [0.25, 0.3) is 0 Å². The highest BCUT2D eigenvalue weighted by Gasteiger charge is 2.20. The van der Waals surface area contributed by atoms with Crippen LogP contribution in [-0.4, -0.2) is 42.8 Å². The molecule has 0 fully saturated rings. The van der Waals surface area contributed by atoms with Crippen molar-refractivity contribution in [3.63, 3.8) is 0 Å². The predicted molar refractivity (Wildman–Crippen MR) is 85.8 cm³/mol. The zero-order valence-electron chi connectivity index (χ0n) is 13.3. The first-order valence-electron chi connectivity index (χ1n) is 7.69. The molecule has 0 heterocycles. The molecule has 0 amide bonds. The van der Waals surface area contributed by atoms with Crippen molar-refractivity contribution in [3.05, 3.63) is 35.9 Å². The smallest absolute Gasteiger partial charge is 0.0638 e. The molecule has 0 spiro atoms. The van der Waals surface area contributed by atoms with Gasteiger partial charge in [-0.05, 0) is 38.4 Å². The molecule has 0 aromatic heterocycles. The Morgan fingerprint density at radius 3 is 2.35 bits per heavy atom. The Hall–Kier alpha value is -0.900. The maximum Gasteiger partial charge on any atom is 0.0638 e. The molecule has 0 saturated carbocycles. The molecule has 0 aliphatic rings. The summed E-state index contributed by atoms with van der Waals surface area (Å²) in [5, 5.41) is 13.1. The van der Waals surface area contributed by atoms with Gasteiger partial charge in [-0.3, -0.25) is 0 Å². The quantitative estimate of drug-likeness (QED) is 0.729. The van der Waals surface area contributed by atoms with Gasteiger partial charge < -0.3 is 15.3 Å². The summed E-state index contributed by atoms with van der Waals surface area (Å²) in [5.41, 5.74) is 1.35. The molecule has 114 valence electrons. The lowest BCUT2D eigenvalue weighted by molar-refractivity contribution is 0.128. The van der Waals surface area contributed by atoms with Gasteiger partial charge >= 0.3 is 0 Å². The Morgan fingerprint density at radius 1 is 1.15 bits per heavy atom. The summed E-state index contributed by atoms with van der Waals surface area (Å²) in [6.07, 6.45) is 0.866. The van der Waals surface area contributed by atoms with Crippen LogP contribution in [-0.2, 0) is 0 Å². The predicted octanol–water partition coefficient (Wildman–Crippen LogP) is 2.68. The molecule has 0 aliphatic carbocycles. The first kappa shape index (κ1) is 17.2. The minimum Gasteiger partial charge on any atom is -0.392 e. The first-order valence-corrected chi connectivity index (χ1v) is 7.69. The van der Waals surface area contributed by atoms with Crippen molar-refractivity contribution >= 4 is 0 Å². The molecule has 1 rings (SSSR count). The van der Waals surface area contributed by atoms with Gasteiger partial charge in [0.15, 0.2) is 0 Å². The summed E-state index contributed by atoms with van der Waals surface area (Å²) in [5.74, 6) is 0.493. The average Bonchev–Trinajstić information content (AvgIpc) is 2.39. The van der Waals surface area contributed by atoms with Crippen LogP contribution in [0.5, 0.6) is 0 Å². The second-order valence-corrected chi connectivity index (χ2v) is 5.89. The lowest BCUT2D eigenvalue weighted by atomic mass is 9.93. The molecule has 2 N–H and O–H groups in total. The highest BCUT2D eigenvalue weighted by Crippen LogP contribution is 2.22. The molecule has 0 saturated heterocycles. The van der Waals surface area contributed by atoms with Gasteiger partial charge in [-0.1, -0.05) is 44.2 Å². The SMILES string of the molecule is CCCNC(c1ccccc1)C(C)CN(C)CC(C)O. The van der Waals surface area contributed by atoms with Gasteiger partial charge in [-0.2, -0.15) is 0 Å². The van der Waals surface area contributed by atoms with E-state index in [-0.39, 0.29) is 6.10 Å². The minimum absolute atomic E-state index is 0.272. The molecule has 1 aromatic carbocycles. The van der Waals surface area contributed by atoms with Crippen LogP contribution >= 0.6 is 0 Å². The normalized spacial score (nSPS) is 16.1. The highest BCUT2D eigenvalue weighted by atomic mass is 16.3. The van der Waals surface area contributed by atoms with Crippen LogP contribution in [0.25, 0.3) is 0 Å². The van der Waals surface area contributed by atoms with Gasteiger partial charge in [0.2, 0.25) is 0 Å². The van der Waals surface area contributed by atoms with E-state index in [1.54, 1.807) is 0 Å². The van der Waals surface area contributed by atoms with Gasteiger partial charge in [-0.15, -0.1) is 0 Å². The number of nitrogens with zero attached hydrogens (tertiary/aromatic N) is 1. The van der Waals surface area contributed by atoms with Gasteiger partial charge in [0, 0.05) is 19.1 Å². The molecule has 0 radical (unpaired) electrons. The van der Waals surface area contributed by atoms with E-state index in [4.69, 9.17) is 0 Å². The zero-order chi connectivity index (χ0) is 15.0. The molecule has 3 heteroatoms. The topological polar surface area (TPSA) is 35.5 Å². The second-order valence-electron chi connectivity index (χ2n) is 5.89. The van der Waals surface area contributed by atoms with Crippen molar-refractivity contribution < 1.29 is 5.11 Å². The number of benzene rings is 1. The van der Waals surface area contributed by atoms with Crippen molar-refractivity contribution in [2.45, 2.75) is 39.3 Å². The molecule has 0 aliphatic heterocycles. The summed E-state index contributed by atoms with van der Waals surface area (Å²) in [6.45, 7) is 9.04. The van der Waals surface area contributed by atoms with E-state index in [9.17, 15) is 5.11 Å². The Kier molecular flexibility index (Phi) is 7.82. The number of aliphatic hydroxyl groups excluding tert-OH is 1. The van der Waals surface area contributed by atoms with Gasteiger partial charge in [0.1, 0.15) is 0 Å². The Morgan fingerprint density at radius 2 is 1.80 bits per heavy atom. The molecular weight excluding hydrogens is 248 g/mol. The summed E-state index contributed by atoms with van der Waals surface area (Å²) in [7, 11) is 2.07. The van der Waals surface area contributed by atoms with Crippen molar-refractivity contribution in [1.29, 1.82) is 0 Å². The third-order valence-electron chi connectivity index (χ3n) is 3.52. The van der Waals surface area contributed by atoms with Crippen molar-refractivity contribution in [2.24, 2.45) is 5.92 Å². The number of nitrogens with one attached hydrogen (secondary N) is 1. The third kappa shape index (κ3) is 6.04. The molecule has 20 heavy (non-hydrogen) atoms. The van der Waals surface area contributed by atoms with E-state index in [0.717, 1.165) is 26.1 Å². The van der Waals surface area contributed by atoms with Crippen LogP contribution in [0, 0.1) is 5.92 Å². The lowest BCUT2D eigenvalue weighted by Crippen LogP contribution is -2.37. The maximum atomic E-state index is 9.48. The first-order chi connectivity index (χ1) is 9.54. The van der Waals surface area contributed by atoms with E-state index < -0.39 is 0 Å². The van der Waals surface area contributed by atoms with Crippen LogP contribution < -0.4 is 5.32 Å². The monoisotopic (exact) mass is 278 g/mol. The minimum atomic E-state index is -0.272. The Labute approximate surface area is 124 Å². The lowest BCUT2D eigenvalue weighted by Gasteiger charge is -2.30.